The molecule has 0 bridgehead atoms. The van der Waals surface area contributed by atoms with E-state index in [4.69, 9.17) is 0 Å². The van der Waals surface area contributed by atoms with Gasteiger partial charge in [0.15, 0.2) is 0 Å². The van der Waals surface area contributed by atoms with Gasteiger partial charge >= 0.3 is 5.97 Å². The van der Waals surface area contributed by atoms with Crippen LogP contribution < -0.4 is 0 Å². The molecule has 0 radical (unpaired) electrons. The predicted octanol–water partition coefficient (Wildman–Crippen LogP) is 1.71. The molecule has 6 heteroatoms. The number of nitrogens with zero attached hydrogens (tertiary/aromatic N) is 2. The predicted molar refractivity (Wildman–Crippen MR) is 77.6 cm³/mol. The average Bonchev–Trinajstić information content (AvgIpc) is 3.02. The Morgan fingerprint density at radius 1 is 1.29 bits per heavy atom. The van der Waals surface area contributed by atoms with Crippen LogP contribution in [-0.2, 0) is 9.53 Å². The first-order valence-corrected chi connectivity index (χ1v) is 6.55. The molecule has 0 aliphatic carbocycles. The van der Waals surface area contributed by atoms with Gasteiger partial charge in [0.2, 0.25) is 0 Å². The molecule has 0 spiro atoms. The molecule has 1 aromatic heterocycles. The van der Waals surface area contributed by atoms with Crippen molar-refractivity contribution in [1.82, 2.24) is 15.1 Å². The van der Waals surface area contributed by atoms with E-state index in [1.807, 2.05) is 30.3 Å². The molecular weight excluding hydrogens is 270 g/mol. The zero-order chi connectivity index (χ0) is 15.2. The van der Waals surface area contributed by atoms with Crippen molar-refractivity contribution in [2.24, 2.45) is 0 Å². The minimum absolute atomic E-state index is 0.165. The van der Waals surface area contributed by atoms with Crippen LogP contribution in [0.25, 0.3) is 11.3 Å². The number of esters is 1. The Hall–Kier alpha value is -2.63. The topological polar surface area (TPSA) is 75.3 Å². The van der Waals surface area contributed by atoms with Crippen molar-refractivity contribution in [2.75, 3.05) is 20.7 Å². The summed E-state index contributed by atoms with van der Waals surface area (Å²) in [4.78, 5) is 24.7. The number of nitrogens with one attached hydrogen (secondary N) is 1. The quantitative estimate of drug-likeness (QED) is 0.849. The molecule has 2 rings (SSSR count). The van der Waals surface area contributed by atoms with Gasteiger partial charge in [-0.1, -0.05) is 30.3 Å². The number of H-pyrrole nitrogens is 1. The van der Waals surface area contributed by atoms with E-state index >= 15 is 0 Å². The third-order valence-corrected chi connectivity index (χ3v) is 3.10. The van der Waals surface area contributed by atoms with E-state index in [-0.39, 0.29) is 18.3 Å². The summed E-state index contributed by atoms with van der Waals surface area (Å²) < 4.78 is 4.55. The fourth-order valence-electron chi connectivity index (χ4n) is 1.86. The molecule has 1 aromatic carbocycles. The van der Waals surface area contributed by atoms with Crippen molar-refractivity contribution in [3.05, 3.63) is 42.1 Å². The van der Waals surface area contributed by atoms with E-state index < -0.39 is 0 Å². The Kier molecular flexibility index (Phi) is 4.71. The lowest BCUT2D eigenvalue weighted by Gasteiger charge is -2.14. The Balaban J connectivity index is 2.03. The first-order chi connectivity index (χ1) is 10.1. The van der Waals surface area contributed by atoms with Crippen LogP contribution in [-0.4, -0.2) is 47.7 Å². The SMILES string of the molecule is COC(=O)CCN(C)C(=O)c1cc(-c2ccccc2)n[nH]1. The van der Waals surface area contributed by atoms with Crippen LogP contribution in [0.2, 0.25) is 0 Å². The maximum absolute atomic E-state index is 12.2. The summed E-state index contributed by atoms with van der Waals surface area (Å²) in [6, 6.07) is 11.3. The Morgan fingerprint density at radius 3 is 2.67 bits per heavy atom. The number of benzene rings is 1. The van der Waals surface area contributed by atoms with Gasteiger partial charge in [0, 0.05) is 19.2 Å². The maximum Gasteiger partial charge on any atom is 0.307 e. The molecular formula is C15H17N3O3. The number of ether oxygens (including phenoxy) is 1. The van der Waals surface area contributed by atoms with Gasteiger partial charge in [0.05, 0.1) is 19.2 Å². The highest BCUT2D eigenvalue weighted by atomic mass is 16.5. The van der Waals surface area contributed by atoms with Gasteiger partial charge in [0.25, 0.3) is 5.91 Å². The molecule has 110 valence electrons. The third kappa shape index (κ3) is 3.68. The Morgan fingerprint density at radius 2 is 2.00 bits per heavy atom. The molecule has 0 unspecified atom stereocenters. The molecule has 0 saturated carbocycles. The number of amides is 1. The average molecular weight is 287 g/mol. The summed E-state index contributed by atoms with van der Waals surface area (Å²) in [7, 11) is 2.96. The fraction of sp³-hybridized carbons (Fsp3) is 0.267. The molecule has 1 heterocycles. The number of methoxy groups -OCH3 is 1. The van der Waals surface area contributed by atoms with Crippen LogP contribution in [0.1, 0.15) is 16.9 Å². The highest BCUT2D eigenvalue weighted by Gasteiger charge is 2.16. The van der Waals surface area contributed by atoms with Gasteiger partial charge in [0.1, 0.15) is 5.69 Å². The number of carbonyl (C=O) groups excluding carboxylic acids is 2. The minimum atomic E-state index is -0.343. The summed E-state index contributed by atoms with van der Waals surface area (Å²) in [5.41, 5.74) is 2.03. The first-order valence-electron chi connectivity index (χ1n) is 6.55. The molecule has 1 N–H and O–H groups in total. The molecule has 0 aliphatic rings. The van der Waals surface area contributed by atoms with Crippen LogP contribution >= 0.6 is 0 Å². The molecule has 21 heavy (non-hydrogen) atoms. The van der Waals surface area contributed by atoms with Crippen LogP contribution in [0.3, 0.4) is 0 Å². The van der Waals surface area contributed by atoms with Crippen LogP contribution in [0.5, 0.6) is 0 Å². The maximum atomic E-state index is 12.2. The van der Waals surface area contributed by atoms with Crippen LogP contribution in [0.4, 0.5) is 0 Å². The van der Waals surface area contributed by atoms with E-state index in [2.05, 4.69) is 14.9 Å². The minimum Gasteiger partial charge on any atom is -0.469 e. The number of hydrogen-bond donors (Lipinski definition) is 1. The summed E-state index contributed by atoms with van der Waals surface area (Å²) in [6.45, 7) is 0.297. The van der Waals surface area contributed by atoms with E-state index in [0.29, 0.717) is 17.9 Å². The number of aromatic nitrogens is 2. The second-order valence-electron chi connectivity index (χ2n) is 4.59. The van der Waals surface area contributed by atoms with Gasteiger partial charge in [-0.3, -0.25) is 14.7 Å². The lowest BCUT2D eigenvalue weighted by atomic mass is 10.1. The van der Waals surface area contributed by atoms with E-state index in [1.54, 1.807) is 13.1 Å². The number of aromatic amines is 1. The number of rotatable bonds is 5. The lowest BCUT2D eigenvalue weighted by Crippen LogP contribution is -2.29. The Labute approximate surface area is 122 Å². The third-order valence-electron chi connectivity index (χ3n) is 3.10. The second-order valence-corrected chi connectivity index (χ2v) is 4.59. The van der Waals surface area contributed by atoms with E-state index in [9.17, 15) is 9.59 Å². The summed E-state index contributed by atoms with van der Waals surface area (Å²) >= 11 is 0. The van der Waals surface area contributed by atoms with Crippen LogP contribution in [0, 0.1) is 0 Å². The molecule has 0 atom stereocenters. The lowest BCUT2D eigenvalue weighted by molar-refractivity contribution is -0.140. The molecule has 0 aliphatic heterocycles. The molecule has 0 saturated heterocycles. The van der Waals surface area contributed by atoms with Crippen molar-refractivity contribution < 1.29 is 14.3 Å². The van der Waals surface area contributed by atoms with Gasteiger partial charge in [-0.05, 0) is 6.07 Å². The van der Waals surface area contributed by atoms with Crippen molar-refractivity contribution in [3.63, 3.8) is 0 Å². The van der Waals surface area contributed by atoms with Crippen molar-refractivity contribution >= 4 is 11.9 Å². The molecule has 0 fully saturated rings. The normalized spacial score (nSPS) is 10.2. The van der Waals surface area contributed by atoms with Crippen molar-refractivity contribution in [3.8, 4) is 11.3 Å². The summed E-state index contributed by atoms with van der Waals surface area (Å²) in [5.74, 6) is -0.558. The number of hydrogen-bond acceptors (Lipinski definition) is 4. The second kappa shape index (κ2) is 6.69. The largest absolute Gasteiger partial charge is 0.469 e. The van der Waals surface area contributed by atoms with Gasteiger partial charge in [-0.2, -0.15) is 5.10 Å². The van der Waals surface area contributed by atoms with Gasteiger partial charge in [-0.25, -0.2) is 0 Å². The zero-order valence-corrected chi connectivity index (χ0v) is 12.0. The van der Waals surface area contributed by atoms with Crippen molar-refractivity contribution in [1.29, 1.82) is 0 Å². The summed E-state index contributed by atoms with van der Waals surface area (Å²) in [6.07, 6.45) is 0.165. The fourth-order valence-corrected chi connectivity index (χ4v) is 1.86. The smallest absolute Gasteiger partial charge is 0.307 e. The molecule has 1 amide bonds. The highest BCUT2D eigenvalue weighted by Crippen LogP contribution is 2.17. The standard InChI is InChI=1S/C15H17N3O3/c1-18(9-8-14(19)21-2)15(20)13-10-12(16-17-13)11-6-4-3-5-7-11/h3-7,10H,8-9H2,1-2H3,(H,16,17). The highest BCUT2D eigenvalue weighted by molar-refractivity contribution is 5.93. The zero-order valence-electron chi connectivity index (χ0n) is 12.0. The summed E-state index contributed by atoms with van der Waals surface area (Å²) in [5, 5.41) is 6.87. The van der Waals surface area contributed by atoms with Crippen molar-refractivity contribution in [2.45, 2.75) is 6.42 Å². The van der Waals surface area contributed by atoms with E-state index in [0.717, 1.165) is 5.56 Å². The Bertz CT molecular complexity index is 622. The van der Waals surface area contributed by atoms with Gasteiger partial charge < -0.3 is 9.64 Å². The van der Waals surface area contributed by atoms with Gasteiger partial charge in [-0.15, -0.1) is 0 Å². The van der Waals surface area contributed by atoms with E-state index in [1.165, 1.54) is 12.0 Å². The first kappa shape index (κ1) is 14.8. The van der Waals surface area contributed by atoms with Crippen LogP contribution in [0.15, 0.2) is 36.4 Å². The monoisotopic (exact) mass is 287 g/mol. The molecule has 6 nitrogen and oxygen atoms in total. The molecule has 2 aromatic rings. The number of carbonyl (C=O) groups is 2.